The van der Waals surface area contributed by atoms with Crippen LogP contribution in [0, 0.1) is 0 Å². The Balaban J connectivity index is 2.08. The number of rotatable bonds is 3. The normalized spacial score (nSPS) is 15.3. The van der Waals surface area contributed by atoms with E-state index >= 15 is 0 Å². The van der Waals surface area contributed by atoms with E-state index in [1.165, 1.54) is 30.6 Å². The number of nitrogens with two attached hydrogens (primary N) is 1. The van der Waals surface area contributed by atoms with E-state index in [9.17, 15) is 18.4 Å². The van der Waals surface area contributed by atoms with E-state index in [4.69, 9.17) is 5.73 Å². The van der Waals surface area contributed by atoms with Gasteiger partial charge in [0.25, 0.3) is 18.2 Å². The fourth-order valence-electron chi connectivity index (χ4n) is 2.51. The van der Waals surface area contributed by atoms with E-state index in [1.807, 2.05) is 0 Å². The number of pyridine rings is 1. The van der Waals surface area contributed by atoms with Crippen LogP contribution in [0.4, 0.5) is 14.5 Å². The van der Waals surface area contributed by atoms with E-state index in [2.05, 4.69) is 4.98 Å². The zero-order chi connectivity index (χ0) is 15.9. The highest BCUT2D eigenvalue weighted by Gasteiger charge is 2.44. The number of halogens is 2. The monoisotopic (exact) mass is 303 g/mol. The van der Waals surface area contributed by atoms with Crippen molar-refractivity contribution >= 4 is 17.5 Å². The maximum absolute atomic E-state index is 13.5. The summed E-state index contributed by atoms with van der Waals surface area (Å²) in [4.78, 5) is 29.0. The van der Waals surface area contributed by atoms with E-state index in [-0.39, 0.29) is 22.4 Å². The third-order valence-corrected chi connectivity index (χ3v) is 3.46. The quantitative estimate of drug-likeness (QED) is 0.882. The molecule has 0 spiro atoms. The van der Waals surface area contributed by atoms with Gasteiger partial charge in [0.1, 0.15) is 6.04 Å². The number of fused-ring (bicyclic) bond motifs is 1. The van der Waals surface area contributed by atoms with Crippen molar-refractivity contribution in [2.75, 3.05) is 5.73 Å². The molecule has 7 heteroatoms. The molecule has 0 bridgehead atoms. The highest BCUT2D eigenvalue weighted by Crippen LogP contribution is 2.35. The van der Waals surface area contributed by atoms with Gasteiger partial charge in [0.15, 0.2) is 0 Å². The zero-order valence-corrected chi connectivity index (χ0v) is 11.2. The Morgan fingerprint density at radius 2 is 1.64 bits per heavy atom. The van der Waals surface area contributed by atoms with Crippen LogP contribution in [0.2, 0.25) is 0 Å². The summed E-state index contributed by atoms with van der Waals surface area (Å²) in [6, 6.07) is 5.60. The van der Waals surface area contributed by atoms with E-state index in [0.717, 1.165) is 0 Å². The standard InChI is InChI=1S/C15H11F2N3O2/c16-13(17)12(8-5-9(18)7-19-6-8)20-14(21)10-3-1-2-4-11(10)15(20)22/h1-7,12-13H,18H2/t12-/m1/s1. The Labute approximate surface area is 124 Å². The smallest absolute Gasteiger partial charge is 0.263 e. The summed E-state index contributed by atoms with van der Waals surface area (Å²) >= 11 is 0. The van der Waals surface area contributed by atoms with Crippen molar-refractivity contribution in [2.45, 2.75) is 12.5 Å². The van der Waals surface area contributed by atoms with Gasteiger partial charge >= 0.3 is 0 Å². The lowest BCUT2D eigenvalue weighted by molar-refractivity contribution is 0.0221. The first-order chi connectivity index (χ1) is 10.5. The molecule has 1 aromatic carbocycles. The van der Waals surface area contributed by atoms with Gasteiger partial charge in [-0.15, -0.1) is 0 Å². The average Bonchev–Trinajstić information content (AvgIpc) is 2.73. The van der Waals surface area contributed by atoms with Crippen molar-refractivity contribution in [3.8, 4) is 0 Å². The number of aromatic nitrogens is 1. The highest BCUT2D eigenvalue weighted by atomic mass is 19.3. The van der Waals surface area contributed by atoms with Gasteiger partial charge in [0, 0.05) is 18.0 Å². The molecule has 0 saturated heterocycles. The van der Waals surface area contributed by atoms with Crippen LogP contribution in [0.15, 0.2) is 42.7 Å². The molecule has 1 atom stereocenters. The molecule has 0 saturated carbocycles. The molecule has 5 nitrogen and oxygen atoms in total. The molecular weight excluding hydrogens is 292 g/mol. The number of carbonyl (C=O) groups is 2. The van der Waals surface area contributed by atoms with Gasteiger partial charge in [0.05, 0.1) is 16.8 Å². The predicted octanol–water partition coefficient (Wildman–Crippen LogP) is 2.27. The second-order valence-corrected chi connectivity index (χ2v) is 4.86. The van der Waals surface area contributed by atoms with Crippen LogP contribution in [0.5, 0.6) is 0 Å². The fourth-order valence-corrected chi connectivity index (χ4v) is 2.51. The van der Waals surface area contributed by atoms with Gasteiger partial charge in [-0.2, -0.15) is 0 Å². The molecule has 112 valence electrons. The Kier molecular flexibility index (Phi) is 3.32. The lowest BCUT2D eigenvalue weighted by atomic mass is 10.1. The van der Waals surface area contributed by atoms with E-state index in [0.29, 0.717) is 4.90 Å². The number of nitrogens with zero attached hydrogens (tertiary/aromatic N) is 2. The number of carbonyl (C=O) groups excluding carboxylic acids is 2. The topological polar surface area (TPSA) is 76.3 Å². The number of nitrogen functional groups attached to an aromatic ring is 1. The molecule has 22 heavy (non-hydrogen) atoms. The second kappa shape index (κ2) is 5.18. The Hall–Kier alpha value is -2.83. The highest BCUT2D eigenvalue weighted by molar-refractivity contribution is 6.21. The Morgan fingerprint density at radius 3 is 2.14 bits per heavy atom. The molecule has 2 N–H and O–H groups in total. The summed E-state index contributed by atoms with van der Waals surface area (Å²) in [5, 5.41) is 0. The summed E-state index contributed by atoms with van der Waals surface area (Å²) in [6.07, 6.45) is -0.476. The molecule has 3 rings (SSSR count). The Bertz CT molecular complexity index is 729. The van der Waals surface area contributed by atoms with Crippen LogP contribution in [-0.2, 0) is 0 Å². The molecule has 0 radical (unpaired) electrons. The van der Waals surface area contributed by atoms with Gasteiger partial charge in [-0.05, 0) is 18.2 Å². The molecule has 2 aromatic rings. The summed E-state index contributed by atoms with van der Waals surface area (Å²) in [6.45, 7) is 0. The fraction of sp³-hybridized carbons (Fsp3) is 0.133. The number of imide groups is 1. The predicted molar refractivity (Wildman–Crippen MR) is 74.3 cm³/mol. The largest absolute Gasteiger partial charge is 0.397 e. The van der Waals surface area contributed by atoms with Gasteiger partial charge in [0.2, 0.25) is 0 Å². The third-order valence-electron chi connectivity index (χ3n) is 3.46. The van der Waals surface area contributed by atoms with Crippen molar-refractivity contribution in [1.29, 1.82) is 0 Å². The van der Waals surface area contributed by atoms with Gasteiger partial charge in [-0.25, -0.2) is 8.78 Å². The lowest BCUT2D eigenvalue weighted by Crippen LogP contribution is -2.38. The summed E-state index contributed by atoms with van der Waals surface area (Å²) in [5.74, 6) is -1.48. The molecule has 2 amide bonds. The average molecular weight is 303 g/mol. The molecule has 1 aliphatic heterocycles. The van der Waals surface area contributed by atoms with Crippen LogP contribution < -0.4 is 5.73 Å². The third kappa shape index (κ3) is 2.11. The van der Waals surface area contributed by atoms with Crippen molar-refractivity contribution < 1.29 is 18.4 Å². The Morgan fingerprint density at radius 1 is 1.05 bits per heavy atom. The molecule has 1 aliphatic rings. The van der Waals surface area contributed by atoms with Crippen LogP contribution in [0.1, 0.15) is 32.3 Å². The molecule has 0 fully saturated rings. The molecule has 2 heterocycles. The van der Waals surface area contributed by atoms with E-state index in [1.54, 1.807) is 12.1 Å². The van der Waals surface area contributed by atoms with Gasteiger partial charge in [-0.1, -0.05) is 12.1 Å². The van der Waals surface area contributed by atoms with Crippen LogP contribution in [0.25, 0.3) is 0 Å². The second-order valence-electron chi connectivity index (χ2n) is 4.86. The first-order valence-corrected chi connectivity index (χ1v) is 6.46. The number of benzene rings is 1. The summed E-state index contributed by atoms with van der Waals surface area (Å²) < 4.78 is 27.0. The zero-order valence-electron chi connectivity index (χ0n) is 11.2. The van der Waals surface area contributed by atoms with Gasteiger partial charge < -0.3 is 5.73 Å². The molecule has 0 unspecified atom stereocenters. The van der Waals surface area contributed by atoms with E-state index < -0.39 is 24.3 Å². The van der Waals surface area contributed by atoms with Crippen molar-refractivity contribution in [2.24, 2.45) is 0 Å². The maximum atomic E-state index is 13.5. The minimum atomic E-state index is -2.95. The number of hydrogen-bond donors (Lipinski definition) is 1. The van der Waals surface area contributed by atoms with Crippen molar-refractivity contribution in [3.63, 3.8) is 0 Å². The van der Waals surface area contributed by atoms with Crippen LogP contribution in [-0.4, -0.2) is 28.1 Å². The van der Waals surface area contributed by atoms with Crippen molar-refractivity contribution in [3.05, 3.63) is 59.4 Å². The summed E-state index contributed by atoms with van der Waals surface area (Å²) in [7, 11) is 0. The molecular formula is C15H11F2N3O2. The first kappa shape index (κ1) is 14.1. The van der Waals surface area contributed by atoms with Crippen LogP contribution >= 0.6 is 0 Å². The minimum absolute atomic E-state index is 0.0181. The number of hydrogen-bond acceptors (Lipinski definition) is 4. The molecule has 0 aliphatic carbocycles. The van der Waals surface area contributed by atoms with Crippen molar-refractivity contribution in [1.82, 2.24) is 9.88 Å². The number of alkyl halides is 2. The van der Waals surface area contributed by atoms with Gasteiger partial charge in [-0.3, -0.25) is 19.5 Å². The lowest BCUT2D eigenvalue weighted by Gasteiger charge is -2.25. The maximum Gasteiger partial charge on any atom is 0.263 e. The number of anilines is 1. The number of amides is 2. The first-order valence-electron chi connectivity index (χ1n) is 6.46. The minimum Gasteiger partial charge on any atom is -0.397 e. The summed E-state index contributed by atoms with van der Waals surface area (Å²) in [5.41, 5.74) is 5.99. The molecule has 1 aromatic heterocycles. The SMILES string of the molecule is Nc1cncc([C@H](C(F)F)N2C(=O)c3ccccc3C2=O)c1. The van der Waals surface area contributed by atoms with Crippen LogP contribution in [0.3, 0.4) is 0 Å².